The van der Waals surface area contributed by atoms with E-state index in [1.54, 1.807) is 4.90 Å². The van der Waals surface area contributed by atoms with Crippen LogP contribution in [0.15, 0.2) is 0 Å². The number of nitrogens with two attached hydrogens (primary N) is 1. The maximum atomic E-state index is 12.5. The lowest BCUT2D eigenvalue weighted by molar-refractivity contribution is 0.0751. The Morgan fingerprint density at radius 2 is 2.00 bits per heavy atom. The van der Waals surface area contributed by atoms with Gasteiger partial charge in [-0.1, -0.05) is 32.1 Å². The zero-order chi connectivity index (χ0) is 14.9. The minimum atomic E-state index is -0.0274. The van der Waals surface area contributed by atoms with E-state index in [2.05, 4.69) is 30.7 Å². The zero-order valence-corrected chi connectivity index (χ0v) is 13.6. The molecule has 0 unspecified atom stereocenters. The third kappa shape index (κ3) is 3.42. The van der Waals surface area contributed by atoms with Gasteiger partial charge in [0, 0.05) is 26.7 Å². The van der Waals surface area contributed by atoms with E-state index in [1.165, 1.54) is 24.2 Å². The molecule has 0 bridgehead atoms. The van der Waals surface area contributed by atoms with Crippen LogP contribution in [0.3, 0.4) is 0 Å². The molecule has 1 amide bonds. The molecule has 1 aliphatic rings. The molecular weight excluding hydrogens is 272 g/mol. The van der Waals surface area contributed by atoms with Crippen molar-refractivity contribution in [2.45, 2.75) is 33.6 Å². The Hall–Kier alpha value is -1.30. The predicted molar refractivity (Wildman–Crippen MR) is 84.4 cm³/mol. The molecule has 1 fully saturated rings. The number of nitrogen functional groups attached to an aromatic ring is 1. The molecule has 20 heavy (non-hydrogen) atoms. The van der Waals surface area contributed by atoms with E-state index in [1.807, 2.05) is 7.05 Å². The number of nitrogens with zero attached hydrogens (tertiary/aromatic N) is 3. The Labute approximate surface area is 124 Å². The van der Waals surface area contributed by atoms with Gasteiger partial charge in [0.15, 0.2) is 5.13 Å². The largest absolute Gasteiger partial charge is 0.382 e. The Morgan fingerprint density at radius 3 is 2.55 bits per heavy atom. The maximum absolute atomic E-state index is 12.5. The monoisotopic (exact) mass is 296 g/mol. The van der Waals surface area contributed by atoms with E-state index in [0.29, 0.717) is 17.2 Å². The van der Waals surface area contributed by atoms with Gasteiger partial charge >= 0.3 is 0 Å². The van der Waals surface area contributed by atoms with Gasteiger partial charge in [-0.15, -0.1) is 0 Å². The van der Waals surface area contributed by atoms with Gasteiger partial charge in [0.25, 0.3) is 5.91 Å². The Kier molecular flexibility index (Phi) is 4.22. The minimum Gasteiger partial charge on any atom is -0.382 e. The van der Waals surface area contributed by atoms with Gasteiger partial charge in [-0.3, -0.25) is 4.79 Å². The van der Waals surface area contributed by atoms with Gasteiger partial charge < -0.3 is 15.5 Å². The molecule has 112 valence electrons. The second-order valence-electron chi connectivity index (χ2n) is 6.63. The lowest BCUT2D eigenvalue weighted by atomic mass is 9.96. The molecule has 0 radical (unpaired) electrons. The van der Waals surface area contributed by atoms with Crippen LogP contribution in [0.5, 0.6) is 0 Å². The van der Waals surface area contributed by atoms with Crippen LogP contribution in [0.25, 0.3) is 0 Å². The number of thiazole rings is 1. The quantitative estimate of drug-likeness (QED) is 0.930. The van der Waals surface area contributed by atoms with Gasteiger partial charge in [-0.25, -0.2) is 4.98 Å². The van der Waals surface area contributed by atoms with E-state index >= 15 is 0 Å². The number of hydrogen-bond acceptors (Lipinski definition) is 5. The van der Waals surface area contributed by atoms with Crippen molar-refractivity contribution in [2.75, 3.05) is 37.3 Å². The van der Waals surface area contributed by atoms with Crippen LogP contribution in [0, 0.1) is 5.41 Å². The van der Waals surface area contributed by atoms with E-state index in [-0.39, 0.29) is 11.3 Å². The SMILES string of the molecule is CN(CC(C)(C)C)C(=O)c1sc(N2CCCC2)nc1N. The van der Waals surface area contributed by atoms with Crippen LogP contribution in [0.4, 0.5) is 10.9 Å². The summed E-state index contributed by atoms with van der Waals surface area (Å²) in [4.78, 5) is 21.3. The van der Waals surface area contributed by atoms with E-state index in [0.717, 1.165) is 18.2 Å². The van der Waals surface area contributed by atoms with Crippen molar-refractivity contribution in [1.82, 2.24) is 9.88 Å². The number of anilines is 2. The fourth-order valence-corrected chi connectivity index (χ4v) is 3.51. The highest BCUT2D eigenvalue weighted by Gasteiger charge is 2.25. The first-order valence-electron chi connectivity index (χ1n) is 7.04. The van der Waals surface area contributed by atoms with Crippen molar-refractivity contribution in [3.8, 4) is 0 Å². The molecule has 2 N–H and O–H groups in total. The molecule has 1 aliphatic heterocycles. The second-order valence-corrected chi connectivity index (χ2v) is 7.60. The van der Waals surface area contributed by atoms with E-state index < -0.39 is 0 Å². The van der Waals surface area contributed by atoms with Crippen LogP contribution in [-0.4, -0.2) is 42.5 Å². The standard InChI is InChI=1S/C14H24N4OS/c1-14(2,3)9-17(4)12(19)10-11(15)16-13(20-10)18-7-5-6-8-18/h5-9,15H2,1-4H3. The smallest absolute Gasteiger partial charge is 0.267 e. The van der Waals surface area contributed by atoms with Crippen molar-refractivity contribution < 1.29 is 4.79 Å². The molecule has 0 atom stereocenters. The summed E-state index contributed by atoms with van der Waals surface area (Å²) in [6.07, 6.45) is 2.37. The number of hydrogen-bond donors (Lipinski definition) is 1. The number of carbonyl (C=O) groups is 1. The van der Waals surface area contributed by atoms with Crippen molar-refractivity contribution >= 4 is 28.2 Å². The maximum Gasteiger partial charge on any atom is 0.267 e. The van der Waals surface area contributed by atoms with E-state index in [9.17, 15) is 4.79 Å². The molecule has 1 aromatic rings. The molecular formula is C14H24N4OS. The molecule has 1 aromatic heterocycles. The summed E-state index contributed by atoms with van der Waals surface area (Å²) >= 11 is 1.42. The fraction of sp³-hybridized carbons (Fsp3) is 0.714. The lowest BCUT2D eigenvalue weighted by Gasteiger charge is -2.26. The van der Waals surface area contributed by atoms with Crippen LogP contribution >= 0.6 is 11.3 Å². The molecule has 1 saturated heterocycles. The third-order valence-corrected chi connectivity index (χ3v) is 4.39. The van der Waals surface area contributed by atoms with Gasteiger partial charge in [0.05, 0.1) is 0 Å². The lowest BCUT2D eigenvalue weighted by Crippen LogP contribution is -2.34. The van der Waals surface area contributed by atoms with Gasteiger partial charge in [0.1, 0.15) is 10.7 Å². The molecule has 2 rings (SSSR count). The second kappa shape index (κ2) is 5.60. The predicted octanol–water partition coefficient (Wildman–Crippen LogP) is 2.44. The Bertz CT molecular complexity index is 486. The minimum absolute atomic E-state index is 0.0274. The van der Waals surface area contributed by atoms with Gasteiger partial charge in [-0.2, -0.15) is 0 Å². The highest BCUT2D eigenvalue weighted by atomic mass is 32.1. The average molecular weight is 296 g/mol. The summed E-state index contributed by atoms with van der Waals surface area (Å²) in [5.74, 6) is 0.336. The fourth-order valence-electron chi connectivity index (χ4n) is 2.47. The summed E-state index contributed by atoms with van der Waals surface area (Å²) in [5, 5.41) is 0.882. The molecule has 6 heteroatoms. The highest BCUT2D eigenvalue weighted by molar-refractivity contribution is 7.18. The van der Waals surface area contributed by atoms with Crippen LogP contribution in [-0.2, 0) is 0 Å². The van der Waals surface area contributed by atoms with Crippen molar-refractivity contribution in [1.29, 1.82) is 0 Å². The van der Waals surface area contributed by atoms with Crippen molar-refractivity contribution in [2.24, 2.45) is 5.41 Å². The van der Waals surface area contributed by atoms with Crippen molar-refractivity contribution in [3.63, 3.8) is 0 Å². The van der Waals surface area contributed by atoms with Crippen molar-refractivity contribution in [3.05, 3.63) is 4.88 Å². The summed E-state index contributed by atoms with van der Waals surface area (Å²) in [6.45, 7) is 9.06. The number of aromatic nitrogens is 1. The molecule has 0 saturated carbocycles. The molecule has 0 aromatic carbocycles. The topological polar surface area (TPSA) is 62.5 Å². The first-order valence-corrected chi connectivity index (χ1v) is 7.86. The molecule has 2 heterocycles. The van der Waals surface area contributed by atoms with Gasteiger partial charge in [0.2, 0.25) is 0 Å². The first kappa shape index (κ1) is 15.1. The first-order chi connectivity index (χ1) is 9.28. The van der Waals surface area contributed by atoms with Crippen LogP contribution in [0.1, 0.15) is 43.3 Å². The van der Waals surface area contributed by atoms with Crippen LogP contribution in [0.2, 0.25) is 0 Å². The summed E-state index contributed by atoms with van der Waals surface area (Å²) in [7, 11) is 1.82. The molecule has 5 nitrogen and oxygen atoms in total. The zero-order valence-electron chi connectivity index (χ0n) is 12.8. The third-order valence-electron chi connectivity index (χ3n) is 3.27. The Balaban J connectivity index is 2.13. The average Bonchev–Trinajstić information content (AvgIpc) is 2.94. The number of carbonyl (C=O) groups excluding carboxylic acids is 1. The molecule has 0 aliphatic carbocycles. The van der Waals surface area contributed by atoms with E-state index in [4.69, 9.17) is 5.73 Å². The highest BCUT2D eigenvalue weighted by Crippen LogP contribution is 2.31. The van der Waals surface area contributed by atoms with Gasteiger partial charge in [-0.05, 0) is 18.3 Å². The van der Waals surface area contributed by atoms with Crippen LogP contribution < -0.4 is 10.6 Å². The molecule has 0 spiro atoms. The Morgan fingerprint density at radius 1 is 1.40 bits per heavy atom. The number of amides is 1. The summed E-state index contributed by atoms with van der Waals surface area (Å²) in [5.41, 5.74) is 6.01. The summed E-state index contributed by atoms with van der Waals surface area (Å²) < 4.78 is 0. The normalized spacial score (nSPS) is 15.7. The number of rotatable bonds is 3. The summed E-state index contributed by atoms with van der Waals surface area (Å²) in [6, 6.07) is 0.